The second-order valence-electron chi connectivity index (χ2n) is 9.74. The van der Waals surface area contributed by atoms with E-state index in [2.05, 4.69) is 31.4 Å². The van der Waals surface area contributed by atoms with Gasteiger partial charge in [-0.25, -0.2) is 9.48 Å². The van der Waals surface area contributed by atoms with Crippen LogP contribution in [0.3, 0.4) is 0 Å². The van der Waals surface area contributed by atoms with Crippen molar-refractivity contribution in [2.45, 2.75) is 53.4 Å². The fourth-order valence-electron chi connectivity index (χ4n) is 3.64. The van der Waals surface area contributed by atoms with Crippen molar-refractivity contribution in [2.24, 2.45) is 0 Å². The maximum Gasteiger partial charge on any atom is 0.322 e. The number of aryl methyl sites for hydroxylation is 1. The lowest BCUT2D eigenvalue weighted by Gasteiger charge is -2.23. The molecule has 0 radical (unpaired) electrons. The number of urea groups is 1. The minimum absolute atomic E-state index is 0.0968. The van der Waals surface area contributed by atoms with Gasteiger partial charge in [-0.05, 0) is 44.5 Å². The summed E-state index contributed by atoms with van der Waals surface area (Å²) in [6, 6.07) is 16.7. The van der Waals surface area contributed by atoms with Gasteiger partial charge in [-0.1, -0.05) is 57.5 Å². The number of aromatic nitrogens is 2. The molecule has 0 saturated carbocycles. The molecule has 3 amide bonds. The van der Waals surface area contributed by atoms with Crippen LogP contribution in [-0.2, 0) is 10.2 Å². The molecule has 0 spiro atoms. The van der Waals surface area contributed by atoms with E-state index in [9.17, 15) is 9.59 Å². The molecule has 0 fully saturated rings. The molecule has 2 N–H and O–H groups in total. The van der Waals surface area contributed by atoms with Crippen molar-refractivity contribution >= 4 is 23.4 Å². The van der Waals surface area contributed by atoms with E-state index in [1.807, 2.05) is 63.2 Å². The zero-order chi connectivity index (χ0) is 26.3. The van der Waals surface area contributed by atoms with Gasteiger partial charge in [0.25, 0.3) is 0 Å². The van der Waals surface area contributed by atoms with E-state index in [0.717, 1.165) is 16.9 Å². The Morgan fingerprint density at radius 3 is 2.36 bits per heavy atom. The maximum atomic E-state index is 13.1. The molecule has 0 saturated heterocycles. The molecule has 0 aliphatic carbocycles. The zero-order valence-corrected chi connectivity index (χ0v) is 22.1. The van der Waals surface area contributed by atoms with Gasteiger partial charge in [0, 0.05) is 18.0 Å². The predicted molar refractivity (Wildman–Crippen MR) is 144 cm³/mol. The number of para-hydroxylation sites is 2. The zero-order valence-electron chi connectivity index (χ0n) is 22.1. The lowest BCUT2D eigenvalue weighted by atomic mass is 9.92. The molecule has 0 aliphatic rings. The van der Waals surface area contributed by atoms with Crippen LogP contribution in [0.5, 0.6) is 5.75 Å². The van der Waals surface area contributed by atoms with Crippen molar-refractivity contribution in [1.82, 2.24) is 14.7 Å². The van der Waals surface area contributed by atoms with Crippen LogP contribution in [0, 0.1) is 6.92 Å². The van der Waals surface area contributed by atoms with E-state index in [4.69, 9.17) is 9.84 Å². The van der Waals surface area contributed by atoms with Crippen molar-refractivity contribution in [3.05, 3.63) is 65.9 Å². The van der Waals surface area contributed by atoms with Crippen LogP contribution in [0.4, 0.5) is 16.3 Å². The number of rotatable bonds is 9. The molecule has 0 aliphatic heterocycles. The summed E-state index contributed by atoms with van der Waals surface area (Å²) in [7, 11) is 0. The summed E-state index contributed by atoms with van der Waals surface area (Å²) in [5.41, 5.74) is 3.21. The monoisotopic (exact) mass is 491 g/mol. The molecule has 36 heavy (non-hydrogen) atoms. The van der Waals surface area contributed by atoms with E-state index in [0.29, 0.717) is 36.8 Å². The molecular weight excluding hydrogens is 454 g/mol. The van der Waals surface area contributed by atoms with Gasteiger partial charge in [-0.2, -0.15) is 5.10 Å². The van der Waals surface area contributed by atoms with Crippen LogP contribution in [0.15, 0.2) is 54.6 Å². The topological polar surface area (TPSA) is 88.5 Å². The first-order valence-corrected chi connectivity index (χ1v) is 12.4. The standard InChI is InChI=1S/C28H37N5O3/c1-7-17-32(27(35)29-22-11-9-10-12-23(22)36-8-2)19-26(34)30-25-18-24(28(4,5)6)31-33(25)21-15-13-20(3)14-16-21/h9-16,18H,7-8,17,19H2,1-6H3,(H,29,35)(H,30,34). The van der Waals surface area contributed by atoms with Gasteiger partial charge in [-0.15, -0.1) is 0 Å². The summed E-state index contributed by atoms with van der Waals surface area (Å²) in [6.07, 6.45) is 0.712. The Balaban J connectivity index is 1.79. The highest BCUT2D eigenvalue weighted by molar-refractivity contribution is 5.97. The number of hydrogen-bond acceptors (Lipinski definition) is 4. The van der Waals surface area contributed by atoms with Gasteiger partial charge >= 0.3 is 6.03 Å². The third-order valence-electron chi connectivity index (χ3n) is 5.57. The average molecular weight is 492 g/mol. The number of nitrogens with one attached hydrogen (secondary N) is 2. The number of anilines is 2. The van der Waals surface area contributed by atoms with Gasteiger partial charge in [0.05, 0.1) is 23.7 Å². The molecule has 2 aromatic carbocycles. The largest absolute Gasteiger partial charge is 0.492 e. The number of ether oxygens (including phenoxy) is 1. The molecule has 8 nitrogen and oxygen atoms in total. The predicted octanol–water partition coefficient (Wildman–Crippen LogP) is 5.76. The Morgan fingerprint density at radius 2 is 1.72 bits per heavy atom. The lowest BCUT2D eigenvalue weighted by molar-refractivity contribution is -0.116. The summed E-state index contributed by atoms with van der Waals surface area (Å²) in [5.74, 6) is 0.851. The van der Waals surface area contributed by atoms with Crippen LogP contribution < -0.4 is 15.4 Å². The van der Waals surface area contributed by atoms with Crippen molar-refractivity contribution < 1.29 is 14.3 Å². The van der Waals surface area contributed by atoms with Gasteiger partial charge in [0.15, 0.2) is 0 Å². The van der Waals surface area contributed by atoms with E-state index in [1.54, 1.807) is 16.8 Å². The van der Waals surface area contributed by atoms with Gasteiger partial charge in [0.1, 0.15) is 18.1 Å². The number of hydrogen-bond donors (Lipinski definition) is 2. The Hall–Kier alpha value is -3.81. The smallest absolute Gasteiger partial charge is 0.322 e. The summed E-state index contributed by atoms with van der Waals surface area (Å²) >= 11 is 0. The first-order valence-electron chi connectivity index (χ1n) is 12.4. The van der Waals surface area contributed by atoms with E-state index >= 15 is 0 Å². The Bertz CT molecular complexity index is 1180. The fraction of sp³-hybridized carbons (Fsp3) is 0.393. The molecule has 0 atom stereocenters. The third kappa shape index (κ3) is 6.87. The molecular formula is C28H37N5O3. The Labute approximate surface area is 213 Å². The van der Waals surface area contributed by atoms with Gasteiger partial charge in [0.2, 0.25) is 5.91 Å². The molecule has 0 bridgehead atoms. The third-order valence-corrected chi connectivity index (χ3v) is 5.57. The van der Waals surface area contributed by atoms with Crippen molar-refractivity contribution in [1.29, 1.82) is 0 Å². The summed E-state index contributed by atoms with van der Waals surface area (Å²) < 4.78 is 7.34. The van der Waals surface area contributed by atoms with Crippen LogP contribution in [-0.4, -0.2) is 46.3 Å². The van der Waals surface area contributed by atoms with Gasteiger partial charge < -0.3 is 20.3 Å². The number of carbonyl (C=O) groups excluding carboxylic acids is 2. The molecule has 3 aromatic rings. The fourth-order valence-corrected chi connectivity index (χ4v) is 3.64. The molecule has 192 valence electrons. The summed E-state index contributed by atoms with van der Waals surface area (Å²) in [4.78, 5) is 27.7. The molecule has 1 aromatic heterocycles. The van der Waals surface area contributed by atoms with Crippen molar-refractivity contribution in [3.63, 3.8) is 0 Å². The second-order valence-corrected chi connectivity index (χ2v) is 9.74. The highest BCUT2D eigenvalue weighted by Crippen LogP contribution is 2.27. The van der Waals surface area contributed by atoms with Crippen LogP contribution in [0.2, 0.25) is 0 Å². The lowest BCUT2D eigenvalue weighted by Crippen LogP contribution is -2.41. The highest BCUT2D eigenvalue weighted by Gasteiger charge is 2.23. The van der Waals surface area contributed by atoms with Crippen molar-refractivity contribution in [2.75, 3.05) is 30.3 Å². The SMILES string of the molecule is CCCN(CC(=O)Nc1cc(C(C)(C)C)nn1-c1ccc(C)cc1)C(=O)Nc1ccccc1OCC. The molecule has 3 rings (SSSR count). The first-order chi connectivity index (χ1) is 17.1. The van der Waals surface area contributed by atoms with Crippen LogP contribution in [0.1, 0.15) is 52.3 Å². The second kappa shape index (κ2) is 11.7. The molecule has 1 heterocycles. The first kappa shape index (κ1) is 26.8. The Kier molecular flexibility index (Phi) is 8.74. The van der Waals surface area contributed by atoms with E-state index < -0.39 is 0 Å². The van der Waals surface area contributed by atoms with E-state index in [-0.39, 0.29) is 23.9 Å². The quantitative estimate of drug-likeness (QED) is 0.398. The molecule has 0 unspecified atom stereocenters. The minimum Gasteiger partial charge on any atom is -0.492 e. The molecule has 8 heteroatoms. The number of amides is 3. The maximum absolute atomic E-state index is 13.1. The highest BCUT2D eigenvalue weighted by atomic mass is 16.5. The van der Waals surface area contributed by atoms with Crippen LogP contribution in [0.25, 0.3) is 5.69 Å². The normalized spacial score (nSPS) is 11.2. The van der Waals surface area contributed by atoms with Gasteiger partial charge in [-0.3, -0.25) is 4.79 Å². The minimum atomic E-state index is -0.360. The number of carbonyl (C=O) groups is 2. The summed E-state index contributed by atoms with van der Waals surface area (Å²) in [5, 5.41) is 10.6. The average Bonchev–Trinajstić information content (AvgIpc) is 3.25. The summed E-state index contributed by atoms with van der Waals surface area (Å²) in [6.45, 7) is 12.9. The van der Waals surface area contributed by atoms with Crippen molar-refractivity contribution in [3.8, 4) is 11.4 Å². The Morgan fingerprint density at radius 1 is 1.03 bits per heavy atom. The number of benzene rings is 2. The van der Waals surface area contributed by atoms with E-state index in [1.165, 1.54) is 4.90 Å². The number of nitrogens with zero attached hydrogens (tertiary/aromatic N) is 3. The van der Waals surface area contributed by atoms with Crippen LogP contribution >= 0.6 is 0 Å².